The molecule has 0 atom stereocenters. The van der Waals surface area contributed by atoms with Crippen LogP contribution in [0.25, 0.3) is 0 Å². The van der Waals surface area contributed by atoms with Crippen LogP contribution < -0.4 is 10.6 Å². The molecule has 0 aromatic heterocycles. The zero-order chi connectivity index (χ0) is 22.2. The van der Waals surface area contributed by atoms with Crippen LogP contribution in [0.15, 0.2) is 59.6 Å². The van der Waals surface area contributed by atoms with Crippen molar-refractivity contribution < 1.29 is 4.79 Å². The van der Waals surface area contributed by atoms with E-state index in [1.54, 1.807) is 0 Å². The number of rotatable bonds is 7. The van der Waals surface area contributed by atoms with Gasteiger partial charge >= 0.3 is 0 Å². The predicted octanol–water partition coefficient (Wildman–Crippen LogP) is 3.76. The van der Waals surface area contributed by atoms with Crippen molar-refractivity contribution in [1.29, 1.82) is 0 Å². The molecule has 2 aliphatic rings. The number of carbonyl (C=O) groups excluding carboxylic acids is 1. The van der Waals surface area contributed by atoms with Gasteiger partial charge in [0.05, 0.1) is 0 Å². The molecule has 33 heavy (non-hydrogen) atoms. The van der Waals surface area contributed by atoms with Crippen molar-refractivity contribution in [1.82, 2.24) is 20.4 Å². The lowest BCUT2D eigenvalue weighted by Gasteiger charge is -2.33. The van der Waals surface area contributed by atoms with Gasteiger partial charge in [-0.05, 0) is 36.0 Å². The second-order valence-corrected chi connectivity index (χ2v) is 8.84. The van der Waals surface area contributed by atoms with Crippen LogP contribution in [0.3, 0.4) is 0 Å². The van der Waals surface area contributed by atoms with E-state index >= 15 is 0 Å². The summed E-state index contributed by atoms with van der Waals surface area (Å²) in [6, 6.07) is 19.6. The molecule has 2 saturated heterocycles. The fourth-order valence-corrected chi connectivity index (χ4v) is 4.58. The van der Waals surface area contributed by atoms with Crippen LogP contribution in [0.1, 0.15) is 42.4 Å². The second-order valence-electron chi connectivity index (χ2n) is 8.84. The van der Waals surface area contributed by atoms with E-state index in [1.807, 2.05) is 11.9 Å². The summed E-state index contributed by atoms with van der Waals surface area (Å²) in [7, 11) is 1.83. The van der Waals surface area contributed by atoms with Crippen molar-refractivity contribution >= 4 is 35.8 Å². The van der Waals surface area contributed by atoms with Gasteiger partial charge in [0.15, 0.2) is 5.96 Å². The lowest BCUT2D eigenvalue weighted by molar-refractivity contribution is -0.128. The summed E-state index contributed by atoms with van der Waals surface area (Å²) in [4.78, 5) is 20.8. The van der Waals surface area contributed by atoms with E-state index in [0.29, 0.717) is 25.6 Å². The van der Waals surface area contributed by atoms with Crippen LogP contribution in [-0.2, 0) is 24.4 Å². The molecule has 0 saturated carbocycles. The van der Waals surface area contributed by atoms with E-state index in [-0.39, 0.29) is 29.9 Å². The number of piperidine rings is 1. The second kappa shape index (κ2) is 12.9. The molecule has 0 aliphatic carbocycles. The molecule has 2 fully saturated rings. The molecule has 178 valence electrons. The van der Waals surface area contributed by atoms with Gasteiger partial charge in [-0.2, -0.15) is 0 Å². The van der Waals surface area contributed by atoms with Crippen LogP contribution in [0.4, 0.5) is 0 Å². The number of guanidine groups is 1. The summed E-state index contributed by atoms with van der Waals surface area (Å²) in [5, 5.41) is 7.06. The minimum Gasteiger partial charge on any atom is -0.354 e. The number of hydrogen-bond acceptors (Lipinski definition) is 3. The van der Waals surface area contributed by atoms with Crippen molar-refractivity contribution in [2.45, 2.75) is 51.4 Å². The van der Waals surface area contributed by atoms with Gasteiger partial charge in [-0.3, -0.25) is 14.7 Å². The monoisotopic (exact) mass is 561 g/mol. The predicted molar refractivity (Wildman–Crippen MR) is 145 cm³/mol. The van der Waals surface area contributed by atoms with Crippen molar-refractivity contribution in [3.63, 3.8) is 0 Å². The Kier molecular flexibility index (Phi) is 9.99. The summed E-state index contributed by atoms with van der Waals surface area (Å²) < 4.78 is 0. The molecule has 2 aliphatic heterocycles. The molecule has 0 spiro atoms. The lowest BCUT2D eigenvalue weighted by atomic mass is 10.0. The number of nitrogens with one attached hydrogen (secondary N) is 2. The maximum Gasteiger partial charge on any atom is 0.222 e. The Morgan fingerprint density at radius 2 is 1.70 bits per heavy atom. The highest BCUT2D eigenvalue weighted by Crippen LogP contribution is 2.16. The van der Waals surface area contributed by atoms with Gasteiger partial charge in [-0.1, -0.05) is 54.6 Å². The fourth-order valence-electron chi connectivity index (χ4n) is 4.58. The molecule has 2 aromatic rings. The normalized spacial score (nSPS) is 17.7. The minimum atomic E-state index is 0. The summed E-state index contributed by atoms with van der Waals surface area (Å²) >= 11 is 0. The topological polar surface area (TPSA) is 60.0 Å². The van der Waals surface area contributed by atoms with Crippen molar-refractivity contribution in [2.75, 3.05) is 26.7 Å². The lowest BCUT2D eigenvalue weighted by Crippen LogP contribution is -2.48. The maximum absolute atomic E-state index is 11.9. The zero-order valence-electron chi connectivity index (χ0n) is 19.5. The number of aliphatic imine (C=N–C) groups is 1. The van der Waals surface area contributed by atoms with Gasteiger partial charge in [0.2, 0.25) is 5.91 Å². The first-order valence-corrected chi connectivity index (χ1v) is 11.8. The van der Waals surface area contributed by atoms with E-state index in [9.17, 15) is 4.79 Å². The Morgan fingerprint density at radius 3 is 2.39 bits per heavy atom. The van der Waals surface area contributed by atoms with Crippen LogP contribution in [0.5, 0.6) is 0 Å². The SMILES string of the molecule is CN=C(NCc1cccc(CN2CCCC2=O)c1)NC1CCN(Cc2ccccc2)CC1.I. The summed E-state index contributed by atoms with van der Waals surface area (Å²) in [6.45, 7) is 5.53. The van der Waals surface area contributed by atoms with Gasteiger partial charge in [-0.25, -0.2) is 0 Å². The molecule has 2 N–H and O–H groups in total. The molecule has 0 bridgehead atoms. The molecule has 4 rings (SSSR count). The zero-order valence-corrected chi connectivity index (χ0v) is 21.8. The van der Waals surface area contributed by atoms with Crippen LogP contribution >= 0.6 is 24.0 Å². The van der Waals surface area contributed by atoms with Gasteiger partial charge in [0.25, 0.3) is 0 Å². The van der Waals surface area contributed by atoms with E-state index in [1.165, 1.54) is 16.7 Å². The first kappa shape index (κ1) is 25.5. The third-order valence-corrected chi connectivity index (χ3v) is 6.40. The van der Waals surface area contributed by atoms with Crippen LogP contribution in [0, 0.1) is 0 Å². The average molecular weight is 562 g/mol. The van der Waals surface area contributed by atoms with Crippen molar-refractivity contribution in [2.24, 2.45) is 4.99 Å². The largest absolute Gasteiger partial charge is 0.354 e. The van der Waals surface area contributed by atoms with E-state index < -0.39 is 0 Å². The van der Waals surface area contributed by atoms with Gasteiger partial charge in [0.1, 0.15) is 0 Å². The highest BCUT2D eigenvalue weighted by atomic mass is 127. The Hall–Kier alpha value is -2.13. The van der Waals surface area contributed by atoms with E-state index in [2.05, 4.69) is 75.1 Å². The van der Waals surface area contributed by atoms with Gasteiger partial charge < -0.3 is 15.5 Å². The van der Waals surface area contributed by atoms with Crippen LogP contribution in [0.2, 0.25) is 0 Å². The number of nitrogens with zero attached hydrogens (tertiary/aromatic N) is 3. The molecular formula is C26H36IN5O. The minimum absolute atomic E-state index is 0. The smallest absolute Gasteiger partial charge is 0.222 e. The third-order valence-electron chi connectivity index (χ3n) is 6.40. The highest BCUT2D eigenvalue weighted by Gasteiger charge is 2.21. The molecule has 6 nitrogen and oxygen atoms in total. The Labute approximate surface area is 214 Å². The van der Waals surface area contributed by atoms with Gasteiger partial charge in [-0.15, -0.1) is 24.0 Å². The summed E-state index contributed by atoms with van der Waals surface area (Å²) in [5.41, 5.74) is 3.77. The quantitative estimate of drug-likeness (QED) is 0.307. The van der Waals surface area contributed by atoms with E-state index in [4.69, 9.17) is 0 Å². The number of benzene rings is 2. The van der Waals surface area contributed by atoms with Crippen molar-refractivity contribution in [3.8, 4) is 0 Å². The molecule has 2 aromatic carbocycles. The molecule has 7 heteroatoms. The number of carbonyl (C=O) groups is 1. The summed E-state index contributed by atoms with van der Waals surface area (Å²) in [6.07, 6.45) is 3.90. The molecule has 0 unspecified atom stereocenters. The number of likely N-dealkylation sites (tertiary alicyclic amines) is 2. The molecular weight excluding hydrogens is 525 g/mol. The number of hydrogen-bond donors (Lipinski definition) is 2. The summed E-state index contributed by atoms with van der Waals surface area (Å²) in [5.74, 6) is 1.12. The fraction of sp³-hybridized carbons (Fsp3) is 0.462. The Bertz CT molecular complexity index is 912. The molecule has 2 heterocycles. The Balaban J connectivity index is 0.00000306. The average Bonchev–Trinajstić information content (AvgIpc) is 3.23. The maximum atomic E-state index is 11.9. The highest BCUT2D eigenvalue weighted by molar-refractivity contribution is 14.0. The van der Waals surface area contributed by atoms with E-state index in [0.717, 1.165) is 51.4 Å². The Morgan fingerprint density at radius 1 is 0.970 bits per heavy atom. The third kappa shape index (κ3) is 7.71. The standard InChI is InChI=1S/C26H35N5O.HI/c1-27-26(29-24-12-15-30(16-13-24)19-21-7-3-2-4-8-21)28-18-22-9-5-10-23(17-22)20-31-14-6-11-25(31)32;/h2-5,7-10,17,24H,6,11-16,18-20H2,1H3,(H2,27,28,29);1H. The first-order valence-electron chi connectivity index (χ1n) is 11.8. The number of halogens is 1. The van der Waals surface area contributed by atoms with Crippen molar-refractivity contribution in [3.05, 3.63) is 71.3 Å². The molecule has 1 amide bonds. The molecule has 0 radical (unpaired) electrons. The first-order chi connectivity index (χ1) is 15.7. The number of amides is 1. The van der Waals surface area contributed by atoms with Gasteiger partial charge in [0, 0.05) is 58.8 Å². The van der Waals surface area contributed by atoms with Crippen LogP contribution in [-0.4, -0.2) is 54.4 Å².